The van der Waals surface area contributed by atoms with E-state index in [1.807, 2.05) is 38.1 Å². The zero-order valence-electron chi connectivity index (χ0n) is 13.1. The van der Waals surface area contributed by atoms with Gasteiger partial charge in [0.1, 0.15) is 0 Å². The van der Waals surface area contributed by atoms with E-state index in [2.05, 4.69) is 0 Å². The topological polar surface area (TPSA) is 66.6 Å². The molecule has 116 valence electrons. The number of anilines is 1. The van der Waals surface area contributed by atoms with Crippen LogP contribution in [0.5, 0.6) is 0 Å². The van der Waals surface area contributed by atoms with Gasteiger partial charge in [-0.2, -0.15) is 0 Å². The van der Waals surface area contributed by atoms with Crippen LogP contribution in [0.1, 0.15) is 25.8 Å². The smallest absolute Gasteiger partial charge is 0.242 e. The van der Waals surface area contributed by atoms with Crippen LogP contribution in [0.2, 0.25) is 0 Å². The Bertz CT molecular complexity index is 467. The first-order valence-electron chi connectivity index (χ1n) is 7.34. The predicted octanol–water partition coefficient (Wildman–Crippen LogP) is 1.53. The summed E-state index contributed by atoms with van der Waals surface area (Å²) in [7, 11) is 1.67. The van der Waals surface area contributed by atoms with Gasteiger partial charge in [-0.15, -0.1) is 0 Å². The molecule has 0 heterocycles. The van der Waals surface area contributed by atoms with Crippen molar-refractivity contribution in [2.24, 2.45) is 0 Å². The molecule has 0 radical (unpaired) electrons. The first-order valence-corrected chi connectivity index (χ1v) is 7.34. The first kappa shape index (κ1) is 17.0. The van der Waals surface area contributed by atoms with E-state index in [0.29, 0.717) is 31.6 Å². The van der Waals surface area contributed by atoms with Gasteiger partial charge in [-0.1, -0.05) is 12.1 Å². The maximum absolute atomic E-state index is 12.0. The van der Waals surface area contributed by atoms with Gasteiger partial charge in [-0.3, -0.25) is 9.59 Å². The molecule has 0 saturated heterocycles. The van der Waals surface area contributed by atoms with E-state index in [4.69, 9.17) is 5.73 Å². The van der Waals surface area contributed by atoms with E-state index in [0.717, 1.165) is 5.56 Å². The van der Waals surface area contributed by atoms with Crippen LogP contribution >= 0.6 is 0 Å². The van der Waals surface area contributed by atoms with Crippen LogP contribution in [-0.2, 0) is 16.0 Å². The van der Waals surface area contributed by atoms with E-state index in [9.17, 15) is 9.59 Å². The number of likely N-dealkylation sites (N-methyl/N-ethyl adjacent to an activating group) is 2. The highest BCUT2D eigenvalue weighted by atomic mass is 16.2. The predicted molar refractivity (Wildman–Crippen MR) is 84.7 cm³/mol. The molecule has 0 fully saturated rings. The Morgan fingerprint density at radius 2 is 1.62 bits per heavy atom. The van der Waals surface area contributed by atoms with Gasteiger partial charge in [0.15, 0.2) is 0 Å². The molecule has 2 amide bonds. The molecule has 5 heteroatoms. The molecule has 1 aromatic rings. The monoisotopic (exact) mass is 291 g/mol. The number of nitrogen functional groups attached to an aromatic ring is 1. The summed E-state index contributed by atoms with van der Waals surface area (Å²) in [5, 5.41) is 0. The highest BCUT2D eigenvalue weighted by molar-refractivity contribution is 5.84. The van der Waals surface area contributed by atoms with Gasteiger partial charge in [0.25, 0.3) is 0 Å². The molecule has 0 aliphatic heterocycles. The number of rotatable bonds is 7. The van der Waals surface area contributed by atoms with Crippen molar-refractivity contribution < 1.29 is 9.59 Å². The van der Waals surface area contributed by atoms with Gasteiger partial charge in [0.05, 0.1) is 6.54 Å². The fourth-order valence-corrected chi connectivity index (χ4v) is 2.09. The highest BCUT2D eigenvalue weighted by Crippen LogP contribution is 2.08. The van der Waals surface area contributed by atoms with Crippen molar-refractivity contribution in [3.05, 3.63) is 29.8 Å². The summed E-state index contributed by atoms with van der Waals surface area (Å²) < 4.78 is 0. The zero-order valence-corrected chi connectivity index (χ0v) is 13.1. The largest absolute Gasteiger partial charge is 0.399 e. The molecular formula is C16H25N3O2. The Kier molecular flexibility index (Phi) is 6.72. The van der Waals surface area contributed by atoms with Crippen molar-refractivity contribution in [3.8, 4) is 0 Å². The molecule has 0 unspecified atom stereocenters. The number of hydrogen-bond donors (Lipinski definition) is 1. The van der Waals surface area contributed by atoms with E-state index in [1.165, 1.54) is 4.90 Å². The number of carbonyl (C=O) groups is 2. The quantitative estimate of drug-likeness (QED) is 0.775. The summed E-state index contributed by atoms with van der Waals surface area (Å²) in [6, 6.07) is 7.49. The van der Waals surface area contributed by atoms with Crippen molar-refractivity contribution in [1.29, 1.82) is 0 Å². The van der Waals surface area contributed by atoms with Gasteiger partial charge >= 0.3 is 0 Å². The summed E-state index contributed by atoms with van der Waals surface area (Å²) in [5.74, 6) is -0.0318. The molecule has 1 rings (SSSR count). The minimum Gasteiger partial charge on any atom is -0.399 e. The maximum atomic E-state index is 12.0. The molecule has 21 heavy (non-hydrogen) atoms. The van der Waals surface area contributed by atoms with Crippen molar-refractivity contribution >= 4 is 17.5 Å². The molecule has 0 spiro atoms. The molecule has 0 bridgehead atoms. The first-order chi connectivity index (χ1) is 9.97. The van der Waals surface area contributed by atoms with Crippen LogP contribution in [0.4, 0.5) is 5.69 Å². The van der Waals surface area contributed by atoms with Gasteiger partial charge < -0.3 is 15.5 Å². The second kappa shape index (κ2) is 8.29. The van der Waals surface area contributed by atoms with Crippen LogP contribution in [-0.4, -0.2) is 48.3 Å². The number of hydrogen-bond acceptors (Lipinski definition) is 3. The lowest BCUT2D eigenvalue weighted by atomic mass is 10.1. The summed E-state index contributed by atoms with van der Waals surface area (Å²) in [6.07, 6.45) is 1.05. The normalized spacial score (nSPS) is 10.2. The third-order valence-electron chi connectivity index (χ3n) is 3.52. The number of benzene rings is 1. The standard InChI is InChI=1S/C16H25N3O2/c1-4-19(5-2)16(21)12-18(3)15(20)11-8-13-6-9-14(17)10-7-13/h6-7,9-10H,4-5,8,11-12,17H2,1-3H3. The van der Waals surface area contributed by atoms with Gasteiger partial charge in [0, 0.05) is 32.2 Å². The number of nitrogens with zero attached hydrogens (tertiary/aromatic N) is 2. The molecule has 0 aromatic heterocycles. The average molecular weight is 291 g/mol. The van der Waals surface area contributed by atoms with Crippen molar-refractivity contribution in [3.63, 3.8) is 0 Å². The molecule has 0 aliphatic rings. The van der Waals surface area contributed by atoms with Crippen LogP contribution in [0, 0.1) is 0 Å². The minimum absolute atomic E-state index is 0.0108. The number of amides is 2. The van der Waals surface area contributed by atoms with E-state index in [1.54, 1.807) is 11.9 Å². The van der Waals surface area contributed by atoms with E-state index < -0.39 is 0 Å². The third-order valence-corrected chi connectivity index (χ3v) is 3.52. The Morgan fingerprint density at radius 3 is 2.14 bits per heavy atom. The number of carbonyl (C=O) groups excluding carboxylic acids is 2. The molecule has 5 nitrogen and oxygen atoms in total. The van der Waals surface area contributed by atoms with E-state index in [-0.39, 0.29) is 18.4 Å². The van der Waals surface area contributed by atoms with Crippen molar-refractivity contribution in [1.82, 2.24) is 9.80 Å². The fraction of sp³-hybridized carbons (Fsp3) is 0.500. The molecule has 1 aromatic carbocycles. The maximum Gasteiger partial charge on any atom is 0.242 e. The van der Waals surface area contributed by atoms with Gasteiger partial charge in [-0.25, -0.2) is 0 Å². The third kappa shape index (κ3) is 5.45. The Balaban J connectivity index is 2.44. The summed E-state index contributed by atoms with van der Waals surface area (Å²) >= 11 is 0. The second-order valence-electron chi connectivity index (χ2n) is 5.06. The molecule has 2 N–H and O–H groups in total. The van der Waals surface area contributed by atoms with Crippen LogP contribution < -0.4 is 5.73 Å². The SMILES string of the molecule is CCN(CC)C(=O)CN(C)C(=O)CCc1ccc(N)cc1. The van der Waals surface area contributed by atoms with Crippen LogP contribution in [0.25, 0.3) is 0 Å². The zero-order chi connectivity index (χ0) is 15.8. The molecular weight excluding hydrogens is 266 g/mol. The summed E-state index contributed by atoms with van der Waals surface area (Å²) in [6.45, 7) is 5.35. The lowest BCUT2D eigenvalue weighted by Gasteiger charge is -2.23. The Hall–Kier alpha value is -2.04. The summed E-state index contributed by atoms with van der Waals surface area (Å²) in [4.78, 5) is 27.2. The Labute approximate surface area is 126 Å². The summed E-state index contributed by atoms with van der Waals surface area (Å²) in [5.41, 5.74) is 7.41. The van der Waals surface area contributed by atoms with Crippen LogP contribution in [0.15, 0.2) is 24.3 Å². The lowest BCUT2D eigenvalue weighted by Crippen LogP contribution is -2.41. The molecule has 0 atom stereocenters. The lowest BCUT2D eigenvalue weighted by molar-refractivity contribution is -0.139. The number of aryl methyl sites for hydroxylation is 1. The van der Waals surface area contributed by atoms with Gasteiger partial charge in [0.2, 0.25) is 11.8 Å². The van der Waals surface area contributed by atoms with Gasteiger partial charge in [-0.05, 0) is 38.0 Å². The second-order valence-corrected chi connectivity index (χ2v) is 5.06. The molecule has 0 saturated carbocycles. The van der Waals surface area contributed by atoms with Crippen molar-refractivity contribution in [2.75, 3.05) is 32.4 Å². The minimum atomic E-state index is -0.0210. The number of nitrogens with two attached hydrogens (primary N) is 1. The average Bonchev–Trinajstić information content (AvgIpc) is 2.47. The fourth-order valence-electron chi connectivity index (χ4n) is 2.09. The highest BCUT2D eigenvalue weighted by Gasteiger charge is 2.16. The molecule has 0 aliphatic carbocycles. The van der Waals surface area contributed by atoms with Crippen LogP contribution in [0.3, 0.4) is 0 Å². The van der Waals surface area contributed by atoms with E-state index >= 15 is 0 Å². The Morgan fingerprint density at radius 1 is 1.05 bits per heavy atom. The van der Waals surface area contributed by atoms with Crippen molar-refractivity contribution in [2.45, 2.75) is 26.7 Å².